The first kappa shape index (κ1) is 23.7. The number of benzene rings is 2. The summed E-state index contributed by atoms with van der Waals surface area (Å²) in [6.07, 6.45) is 1.05. The third kappa shape index (κ3) is 6.74. The molecule has 30 heavy (non-hydrogen) atoms. The van der Waals surface area contributed by atoms with Crippen LogP contribution in [0.4, 0.5) is 0 Å². The zero-order chi connectivity index (χ0) is 22.1. The summed E-state index contributed by atoms with van der Waals surface area (Å²) in [5.74, 6) is 0.787. The van der Waals surface area contributed by atoms with Crippen molar-refractivity contribution >= 4 is 15.9 Å². The molecule has 0 aromatic heterocycles. The van der Waals surface area contributed by atoms with Crippen LogP contribution in [-0.4, -0.2) is 41.1 Å². The highest BCUT2D eigenvalue weighted by Gasteiger charge is 2.27. The Kier molecular flexibility index (Phi) is 8.68. The Bertz CT molecular complexity index is 930. The van der Waals surface area contributed by atoms with E-state index >= 15 is 0 Å². The van der Waals surface area contributed by atoms with E-state index < -0.39 is 16.1 Å². The van der Waals surface area contributed by atoms with Crippen LogP contribution in [0, 0.1) is 5.92 Å². The summed E-state index contributed by atoms with van der Waals surface area (Å²) in [6.45, 7) is 4.61. The smallest absolute Gasteiger partial charge is 0.241 e. The molecule has 0 aliphatic heterocycles. The van der Waals surface area contributed by atoms with Crippen molar-refractivity contribution < 1.29 is 22.7 Å². The lowest BCUT2D eigenvalue weighted by Gasteiger charge is -2.19. The van der Waals surface area contributed by atoms with Crippen molar-refractivity contribution in [1.82, 2.24) is 10.0 Å². The third-order valence-corrected chi connectivity index (χ3v) is 6.05. The quantitative estimate of drug-likeness (QED) is 0.567. The second-order valence-corrected chi connectivity index (χ2v) is 9.07. The van der Waals surface area contributed by atoms with Crippen molar-refractivity contribution in [2.45, 2.75) is 37.6 Å². The van der Waals surface area contributed by atoms with Crippen LogP contribution in [0.1, 0.15) is 25.8 Å². The number of hydrogen-bond acceptors (Lipinski definition) is 5. The fourth-order valence-corrected chi connectivity index (χ4v) is 4.09. The molecule has 0 aliphatic rings. The fourth-order valence-electron chi connectivity index (χ4n) is 2.88. The molecule has 0 fully saturated rings. The average Bonchev–Trinajstić information content (AvgIpc) is 2.73. The van der Waals surface area contributed by atoms with Gasteiger partial charge < -0.3 is 14.8 Å². The number of amides is 1. The molecule has 0 saturated carbocycles. The molecule has 8 heteroatoms. The van der Waals surface area contributed by atoms with E-state index in [4.69, 9.17) is 9.47 Å². The molecule has 0 spiro atoms. The number of sulfonamides is 1. The number of carbonyl (C=O) groups is 1. The van der Waals surface area contributed by atoms with Gasteiger partial charge in [-0.1, -0.05) is 44.2 Å². The number of hydrogen-bond donors (Lipinski definition) is 2. The lowest BCUT2D eigenvalue weighted by molar-refractivity contribution is -0.122. The van der Waals surface area contributed by atoms with Gasteiger partial charge in [-0.25, -0.2) is 8.42 Å². The second kappa shape index (κ2) is 11.0. The lowest BCUT2D eigenvalue weighted by Crippen LogP contribution is -2.48. The van der Waals surface area contributed by atoms with Crippen LogP contribution in [-0.2, 0) is 21.2 Å². The molecule has 1 atom stereocenters. The number of methoxy groups -OCH3 is 2. The Morgan fingerprint density at radius 2 is 1.67 bits per heavy atom. The van der Waals surface area contributed by atoms with Gasteiger partial charge in [0.1, 0.15) is 6.04 Å². The fraction of sp³-hybridized carbons (Fsp3) is 0.409. The molecule has 2 aromatic carbocycles. The van der Waals surface area contributed by atoms with E-state index in [-0.39, 0.29) is 17.2 Å². The number of nitrogens with one attached hydrogen (secondary N) is 2. The molecule has 1 amide bonds. The van der Waals surface area contributed by atoms with Gasteiger partial charge in [-0.15, -0.1) is 0 Å². The van der Waals surface area contributed by atoms with Crippen molar-refractivity contribution in [3.05, 3.63) is 54.1 Å². The Labute approximate surface area is 178 Å². The van der Waals surface area contributed by atoms with Crippen LogP contribution in [0.15, 0.2) is 53.4 Å². The average molecular weight is 435 g/mol. The van der Waals surface area contributed by atoms with Gasteiger partial charge in [-0.2, -0.15) is 4.72 Å². The number of carbonyl (C=O) groups excluding carboxylic acids is 1. The molecule has 164 valence electrons. The van der Waals surface area contributed by atoms with Gasteiger partial charge >= 0.3 is 0 Å². The van der Waals surface area contributed by atoms with Crippen LogP contribution in [0.5, 0.6) is 11.5 Å². The minimum atomic E-state index is -3.97. The molecule has 2 N–H and O–H groups in total. The normalized spacial score (nSPS) is 12.4. The lowest BCUT2D eigenvalue weighted by atomic mass is 10.1. The minimum Gasteiger partial charge on any atom is -0.493 e. The molecule has 0 bridgehead atoms. The first-order valence-electron chi connectivity index (χ1n) is 9.82. The van der Waals surface area contributed by atoms with Crippen LogP contribution >= 0.6 is 0 Å². The van der Waals surface area contributed by atoms with E-state index in [1.807, 2.05) is 30.3 Å². The summed E-state index contributed by atoms with van der Waals surface area (Å²) in [5, 5.41) is 2.84. The summed E-state index contributed by atoms with van der Waals surface area (Å²) in [7, 11) is -1.06. The SMILES string of the molecule is COc1ccc(S(=O)(=O)N[C@H](Cc2ccccc2)C(=O)NCCC(C)C)cc1OC. The minimum absolute atomic E-state index is 0.00630. The highest BCUT2D eigenvalue weighted by atomic mass is 32.2. The molecule has 2 aromatic rings. The van der Waals surface area contributed by atoms with Crippen LogP contribution < -0.4 is 19.5 Å². The van der Waals surface area contributed by atoms with Crippen molar-refractivity contribution in [2.24, 2.45) is 5.92 Å². The zero-order valence-electron chi connectivity index (χ0n) is 17.8. The maximum absolute atomic E-state index is 13.0. The molecule has 0 unspecified atom stereocenters. The van der Waals surface area contributed by atoms with Crippen LogP contribution in [0.2, 0.25) is 0 Å². The zero-order valence-corrected chi connectivity index (χ0v) is 18.7. The van der Waals surface area contributed by atoms with Crippen molar-refractivity contribution in [2.75, 3.05) is 20.8 Å². The van der Waals surface area contributed by atoms with E-state index in [2.05, 4.69) is 23.9 Å². The summed E-state index contributed by atoms with van der Waals surface area (Å²) >= 11 is 0. The van der Waals surface area contributed by atoms with E-state index in [0.717, 1.165) is 12.0 Å². The summed E-state index contributed by atoms with van der Waals surface area (Å²) in [4.78, 5) is 12.8. The maximum atomic E-state index is 13.0. The monoisotopic (exact) mass is 434 g/mol. The molecule has 0 radical (unpaired) electrons. The molecule has 0 heterocycles. The molecule has 2 rings (SSSR count). The van der Waals surface area contributed by atoms with Crippen molar-refractivity contribution in [3.8, 4) is 11.5 Å². The van der Waals surface area contributed by atoms with E-state index in [1.165, 1.54) is 32.4 Å². The Morgan fingerprint density at radius 3 is 2.27 bits per heavy atom. The topological polar surface area (TPSA) is 93.7 Å². The molecule has 0 saturated heterocycles. The van der Waals surface area contributed by atoms with Crippen LogP contribution in [0.3, 0.4) is 0 Å². The Balaban J connectivity index is 2.25. The van der Waals surface area contributed by atoms with Gasteiger partial charge in [-0.3, -0.25) is 4.79 Å². The molecule has 0 aliphatic carbocycles. The third-order valence-electron chi connectivity index (χ3n) is 4.58. The first-order chi connectivity index (χ1) is 14.3. The maximum Gasteiger partial charge on any atom is 0.241 e. The van der Waals surface area contributed by atoms with Gasteiger partial charge in [0, 0.05) is 12.6 Å². The predicted molar refractivity (Wildman–Crippen MR) is 116 cm³/mol. The predicted octanol–water partition coefficient (Wildman–Crippen LogP) is 2.76. The van der Waals surface area contributed by atoms with Gasteiger partial charge in [0.2, 0.25) is 15.9 Å². The van der Waals surface area contributed by atoms with Gasteiger partial charge in [0.25, 0.3) is 0 Å². The van der Waals surface area contributed by atoms with E-state index in [0.29, 0.717) is 24.0 Å². The molecular weight excluding hydrogens is 404 g/mol. The Morgan fingerprint density at radius 1 is 1.00 bits per heavy atom. The molecule has 7 nitrogen and oxygen atoms in total. The summed E-state index contributed by atoms with van der Waals surface area (Å²) in [5.41, 5.74) is 0.858. The number of rotatable bonds is 11. The van der Waals surface area contributed by atoms with Crippen molar-refractivity contribution in [1.29, 1.82) is 0 Å². The number of ether oxygens (including phenoxy) is 2. The molecular formula is C22H30N2O5S. The van der Waals surface area contributed by atoms with Crippen LogP contribution in [0.25, 0.3) is 0 Å². The van der Waals surface area contributed by atoms with Crippen molar-refractivity contribution in [3.63, 3.8) is 0 Å². The largest absolute Gasteiger partial charge is 0.493 e. The first-order valence-corrected chi connectivity index (χ1v) is 11.3. The van der Waals surface area contributed by atoms with E-state index in [1.54, 1.807) is 0 Å². The summed E-state index contributed by atoms with van der Waals surface area (Å²) < 4.78 is 38.9. The Hall–Kier alpha value is -2.58. The highest BCUT2D eigenvalue weighted by molar-refractivity contribution is 7.89. The van der Waals surface area contributed by atoms with E-state index in [9.17, 15) is 13.2 Å². The van der Waals surface area contributed by atoms with Gasteiger partial charge in [0.15, 0.2) is 11.5 Å². The van der Waals surface area contributed by atoms with Gasteiger partial charge in [-0.05, 0) is 36.5 Å². The van der Waals surface area contributed by atoms with Gasteiger partial charge in [0.05, 0.1) is 19.1 Å². The highest BCUT2D eigenvalue weighted by Crippen LogP contribution is 2.29. The standard InChI is InChI=1S/C22H30N2O5S/c1-16(2)12-13-23-22(25)19(14-17-8-6-5-7-9-17)24-30(26,27)18-10-11-20(28-3)21(15-18)29-4/h5-11,15-16,19,24H,12-14H2,1-4H3,(H,23,25)/t19-/m1/s1. The second-order valence-electron chi connectivity index (χ2n) is 7.35. The summed E-state index contributed by atoms with van der Waals surface area (Å²) in [6, 6.07) is 12.7.